The lowest BCUT2D eigenvalue weighted by atomic mass is 10.0. The Hall–Kier alpha value is -1.56. The number of carboxylic acid groups (broad SMARTS) is 1. The molecule has 0 heterocycles. The van der Waals surface area contributed by atoms with Gasteiger partial charge in [-0.3, -0.25) is 4.79 Å². The zero-order valence-corrected chi connectivity index (χ0v) is 12.2. The van der Waals surface area contributed by atoms with Crippen LogP contribution in [0.25, 0.3) is 0 Å². The van der Waals surface area contributed by atoms with Crippen LogP contribution in [0.3, 0.4) is 0 Å². The van der Waals surface area contributed by atoms with Gasteiger partial charge in [-0.15, -0.1) is 11.8 Å². The largest absolute Gasteiger partial charge is 0.480 e. The molecule has 1 amide bonds. The number of nitrogens with one attached hydrogen (secondary N) is 1. The molecule has 1 atom stereocenters. The molecule has 0 saturated carbocycles. The second-order valence-corrected chi connectivity index (χ2v) is 5.88. The van der Waals surface area contributed by atoms with Crippen LogP contribution in [0.1, 0.15) is 20.3 Å². The number of rotatable bonds is 7. The third kappa shape index (κ3) is 6.06. The summed E-state index contributed by atoms with van der Waals surface area (Å²) < 4.78 is 12.7. The SMILES string of the molecule is CC(C)C[C@@H](NC(=O)CSc1ccc(F)cc1)C(=O)O. The molecule has 0 saturated heterocycles. The molecule has 1 aromatic carbocycles. The molecule has 0 aliphatic carbocycles. The first-order chi connectivity index (χ1) is 9.38. The number of aliphatic carboxylic acids is 1. The van der Waals surface area contributed by atoms with E-state index in [1.807, 2.05) is 13.8 Å². The van der Waals surface area contributed by atoms with E-state index in [1.54, 1.807) is 12.1 Å². The van der Waals surface area contributed by atoms with Crippen LogP contribution in [0, 0.1) is 11.7 Å². The van der Waals surface area contributed by atoms with E-state index in [-0.39, 0.29) is 23.4 Å². The van der Waals surface area contributed by atoms with Gasteiger partial charge in [-0.05, 0) is 36.6 Å². The number of thioether (sulfide) groups is 1. The van der Waals surface area contributed by atoms with Crippen LogP contribution in [-0.4, -0.2) is 28.8 Å². The van der Waals surface area contributed by atoms with Crippen LogP contribution in [0.2, 0.25) is 0 Å². The fraction of sp³-hybridized carbons (Fsp3) is 0.429. The minimum atomic E-state index is -1.03. The molecule has 0 aliphatic rings. The summed E-state index contributed by atoms with van der Waals surface area (Å²) in [5, 5.41) is 11.5. The van der Waals surface area contributed by atoms with Gasteiger partial charge in [-0.2, -0.15) is 0 Å². The molecule has 20 heavy (non-hydrogen) atoms. The molecule has 0 fully saturated rings. The van der Waals surface area contributed by atoms with E-state index in [2.05, 4.69) is 5.32 Å². The summed E-state index contributed by atoms with van der Waals surface area (Å²) in [5.41, 5.74) is 0. The van der Waals surface area contributed by atoms with E-state index in [4.69, 9.17) is 5.11 Å². The summed E-state index contributed by atoms with van der Waals surface area (Å²) in [4.78, 5) is 23.5. The van der Waals surface area contributed by atoms with Crippen LogP contribution in [0.4, 0.5) is 4.39 Å². The molecule has 0 radical (unpaired) electrons. The number of carboxylic acids is 1. The highest BCUT2D eigenvalue weighted by Crippen LogP contribution is 2.17. The zero-order chi connectivity index (χ0) is 15.1. The number of hydrogen-bond acceptors (Lipinski definition) is 3. The zero-order valence-electron chi connectivity index (χ0n) is 11.4. The topological polar surface area (TPSA) is 66.4 Å². The maximum atomic E-state index is 12.7. The summed E-state index contributed by atoms with van der Waals surface area (Å²) >= 11 is 1.24. The lowest BCUT2D eigenvalue weighted by molar-refractivity contribution is -0.141. The Kier molecular flexibility index (Phi) is 6.51. The van der Waals surface area contributed by atoms with E-state index in [9.17, 15) is 14.0 Å². The molecular weight excluding hydrogens is 281 g/mol. The van der Waals surface area contributed by atoms with E-state index in [0.717, 1.165) is 4.90 Å². The van der Waals surface area contributed by atoms with E-state index >= 15 is 0 Å². The van der Waals surface area contributed by atoms with Gasteiger partial charge < -0.3 is 10.4 Å². The normalized spacial score (nSPS) is 12.2. The fourth-order valence-corrected chi connectivity index (χ4v) is 2.32. The van der Waals surface area contributed by atoms with Gasteiger partial charge in [-0.1, -0.05) is 13.8 Å². The van der Waals surface area contributed by atoms with Gasteiger partial charge in [0.2, 0.25) is 5.91 Å². The summed E-state index contributed by atoms with van der Waals surface area (Å²) in [7, 11) is 0. The summed E-state index contributed by atoms with van der Waals surface area (Å²) in [6.07, 6.45) is 0.391. The lowest BCUT2D eigenvalue weighted by Crippen LogP contribution is -2.42. The average molecular weight is 299 g/mol. The Balaban J connectivity index is 2.45. The maximum Gasteiger partial charge on any atom is 0.326 e. The standard InChI is InChI=1S/C14H18FNO3S/c1-9(2)7-12(14(18)19)16-13(17)8-20-11-5-3-10(15)4-6-11/h3-6,9,12H,7-8H2,1-2H3,(H,16,17)(H,18,19)/t12-/m1/s1. The average Bonchev–Trinajstić information content (AvgIpc) is 2.36. The van der Waals surface area contributed by atoms with Crippen molar-refractivity contribution < 1.29 is 19.1 Å². The molecule has 2 N–H and O–H groups in total. The van der Waals surface area contributed by atoms with Gasteiger partial charge in [0.25, 0.3) is 0 Å². The number of carbonyl (C=O) groups excluding carboxylic acids is 1. The van der Waals surface area contributed by atoms with Crippen LogP contribution in [-0.2, 0) is 9.59 Å². The lowest BCUT2D eigenvalue weighted by Gasteiger charge is -2.16. The highest BCUT2D eigenvalue weighted by Gasteiger charge is 2.20. The number of benzene rings is 1. The molecule has 1 aromatic rings. The Morgan fingerprint density at radius 1 is 1.30 bits per heavy atom. The van der Waals surface area contributed by atoms with Crippen molar-refractivity contribution >= 4 is 23.6 Å². The predicted molar refractivity (Wildman–Crippen MR) is 76.1 cm³/mol. The van der Waals surface area contributed by atoms with Crippen molar-refractivity contribution in [2.45, 2.75) is 31.2 Å². The predicted octanol–water partition coefficient (Wildman–Crippen LogP) is 2.53. The van der Waals surface area contributed by atoms with Crippen LogP contribution >= 0.6 is 11.8 Å². The second kappa shape index (κ2) is 7.89. The number of halogens is 1. The number of carbonyl (C=O) groups is 2. The highest BCUT2D eigenvalue weighted by molar-refractivity contribution is 8.00. The Morgan fingerprint density at radius 3 is 2.40 bits per heavy atom. The molecular formula is C14H18FNO3S. The third-order valence-corrected chi connectivity index (χ3v) is 3.54. The number of amides is 1. The van der Waals surface area contributed by atoms with E-state index in [0.29, 0.717) is 6.42 Å². The van der Waals surface area contributed by atoms with Gasteiger partial charge >= 0.3 is 5.97 Å². The van der Waals surface area contributed by atoms with Crippen molar-refractivity contribution in [2.75, 3.05) is 5.75 Å². The monoisotopic (exact) mass is 299 g/mol. The van der Waals surface area contributed by atoms with Gasteiger partial charge in [0.15, 0.2) is 0 Å². The smallest absolute Gasteiger partial charge is 0.326 e. The summed E-state index contributed by atoms with van der Waals surface area (Å²) in [6.45, 7) is 3.80. The molecule has 0 aliphatic heterocycles. The van der Waals surface area contributed by atoms with Crippen molar-refractivity contribution in [3.05, 3.63) is 30.1 Å². The first kappa shape index (κ1) is 16.5. The molecule has 0 spiro atoms. The Morgan fingerprint density at radius 2 is 1.90 bits per heavy atom. The van der Waals surface area contributed by atoms with Crippen LogP contribution in [0.5, 0.6) is 0 Å². The highest BCUT2D eigenvalue weighted by atomic mass is 32.2. The van der Waals surface area contributed by atoms with Crippen molar-refractivity contribution in [1.29, 1.82) is 0 Å². The minimum Gasteiger partial charge on any atom is -0.480 e. The first-order valence-electron chi connectivity index (χ1n) is 6.29. The van der Waals surface area contributed by atoms with Crippen molar-refractivity contribution in [1.82, 2.24) is 5.32 Å². The van der Waals surface area contributed by atoms with Gasteiger partial charge in [0.05, 0.1) is 5.75 Å². The Labute approximate surface area is 121 Å². The fourth-order valence-electron chi connectivity index (χ4n) is 1.61. The molecule has 0 aromatic heterocycles. The first-order valence-corrected chi connectivity index (χ1v) is 7.27. The molecule has 0 unspecified atom stereocenters. The third-order valence-electron chi connectivity index (χ3n) is 2.52. The quantitative estimate of drug-likeness (QED) is 0.759. The van der Waals surface area contributed by atoms with Crippen molar-refractivity contribution in [2.24, 2.45) is 5.92 Å². The van der Waals surface area contributed by atoms with Gasteiger partial charge in [0.1, 0.15) is 11.9 Å². The number of hydrogen-bond donors (Lipinski definition) is 2. The molecule has 6 heteroatoms. The molecule has 1 rings (SSSR count). The van der Waals surface area contributed by atoms with E-state index < -0.39 is 12.0 Å². The molecule has 4 nitrogen and oxygen atoms in total. The second-order valence-electron chi connectivity index (χ2n) is 4.83. The van der Waals surface area contributed by atoms with Crippen LogP contribution < -0.4 is 5.32 Å². The van der Waals surface area contributed by atoms with E-state index in [1.165, 1.54) is 23.9 Å². The van der Waals surface area contributed by atoms with Gasteiger partial charge in [-0.25, -0.2) is 9.18 Å². The maximum absolute atomic E-state index is 12.7. The molecule has 110 valence electrons. The van der Waals surface area contributed by atoms with Gasteiger partial charge in [0, 0.05) is 4.90 Å². The van der Waals surface area contributed by atoms with Crippen LogP contribution in [0.15, 0.2) is 29.2 Å². The molecule has 0 bridgehead atoms. The summed E-state index contributed by atoms with van der Waals surface area (Å²) in [5.74, 6) is -1.41. The summed E-state index contributed by atoms with van der Waals surface area (Å²) in [6, 6.07) is 4.93. The van der Waals surface area contributed by atoms with Crippen molar-refractivity contribution in [3.63, 3.8) is 0 Å². The minimum absolute atomic E-state index is 0.105. The Bertz CT molecular complexity index is 462. The van der Waals surface area contributed by atoms with Crippen molar-refractivity contribution in [3.8, 4) is 0 Å².